The predicted octanol–water partition coefficient (Wildman–Crippen LogP) is 5.41. The molecule has 1 saturated heterocycles. The van der Waals surface area contributed by atoms with Crippen LogP contribution < -0.4 is 29.0 Å². The minimum Gasteiger partial charge on any atom is -0.493 e. The lowest BCUT2D eigenvalue weighted by Gasteiger charge is -2.40. The molecule has 1 fully saturated rings. The maximum atomic E-state index is 13.5. The van der Waals surface area contributed by atoms with Crippen molar-refractivity contribution in [2.45, 2.75) is 32.2 Å². The molecule has 4 atom stereocenters. The first kappa shape index (κ1) is 29.0. The first-order valence-corrected chi connectivity index (χ1v) is 15.0. The summed E-state index contributed by atoms with van der Waals surface area (Å²) in [6.07, 6.45) is 1.00. The number of carbonyl (C=O) groups excluding carboxylic acids is 1. The SMILES string of the molecule is CCN(CC)CCc1ccc(N[C@@H]2c3cc4c(cc3[C@@H](c3cc(OC)c(OC)c(OC)c3)[C@H]3C(=O)OC[C@@H]32)OCO4)cc1. The quantitative estimate of drug-likeness (QED) is 0.295. The maximum absolute atomic E-state index is 13.5. The van der Waals surface area contributed by atoms with E-state index in [-0.39, 0.29) is 30.6 Å². The number of methoxy groups -OCH3 is 3. The van der Waals surface area contributed by atoms with Crippen LogP contribution in [-0.2, 0) is 16.0 Å². The number of anilines is 1. The molecule has 228 valence electrons. The zero-order chi connectivity index (χ0) is 30.1. The molecule has 0 saturated carbocycles. The Kier molecular flexibility index (Phi) is 8.25. The molecular weight excluding hydrogens is 548 g/mol. The molecule has 9 heteroatoms. The van der Waals surface area contributed by atoms with Crippen LogP contribution in [0.15, 0.2) is 48.5 Å². The van der Waals surface area contributed by atoms with Crippen LogP contribution in [-0.4, -0.2) is 65.2 Å². The Morgan fingerprint density at radius 3 is 2.12 bits per heavy atom. The average molecular weight is 589 g/mol. The molecule has 3 aliphatic rings. The minimum absolute atomic E-state index is 0.119. The molecule has 1 aliphatic carbocycles. The molecule has 3 aromatic rings. The van der Waals surface area contributed by atoms with Gasteiger partial charge in [0, 0.05) is 24.1 Å². The highest BCUT2D eigenvalue weighted by Crippen LogP contribution is 2.56. The maximum Gasteiger partial charge on any atom is 0.310 e. The highest BCUT2D eigenvalue weighted by atomic mass is 16.7. The predicted molar refractivity (Wildman–Crippen MR) is 163 cm³/mol. The van der Waals surface area contributed by atoms with E-state index in [1.807, 2.05) is 18.2 Å². The first-order chi connectivity index (χ1) is 21.0. The van der Waals surface area contributed by atoms with Gasteiger partial charge in [-0.2, -0.15) is 0 Å². The number of esters is 1. The average Bonchev–Trinajstić information content (AvgIpc) is 3.66. The fourth-order valence-electron chi connectivity index (χ4n) is 6.80. The fraction of sp³-hybridized carbons (Fsp3) is 0.441. The van der Waals surface area contributed by atoms with E-state index in [0.29, 0.717) is 35.4 Å². The van der Waals surface area contributed by atoms with Crippen LogP contribution in [0.25, 0.3) is 0 Å². The number of likely N-dealkylation sites (N-methyl/N-ethyl adjacent to an activating group) is 1. The van der Waals surface area contributed by atoms with Crippen LogP contribution in [0.4, 0.5) is 5.69 Å². The van der Waals surface area contributed by atoms with E-state index < -0.39 is 5.92 Å². The summed E-state index contributed by atoms with van der Waals surface area (Å²) in [5, 5.41) is 3.76. The van der Waals surface area contributed by atoms with E-state index in [1.165, 1.54) is 5.56 Å². The van der Waals surface area contributed by atoms with Crippen molar-refractivity contribution in [3.8, 4) is 28.7 Å². The monoisotopic (exact) mass is 588 g/mol. The highest BCUT2D eigenvalue weighted by molar-refractivity contribution is 5.79. The van der Waals surface area contributed by atoms with Gasteiger partial charge in [0.2, 0.25) is 12.5 Å². The van der Waals surface area contributed by atoms with Crippen LogP contribution in [0.3, 0.4) is 0 Å². The molecule has 0 bridgehead atoms. The summed E-state index contributed by atoms with van der Waals surface area (Å²) in [6, 6.07) is 16.4. The Morgan fingerprint density at radius 2 is 1.51 bits per heavy atom. The van der Waals surface area contributed by atoms with Gasteiger partial charge in [0.15, 0.2) is 23.0 Å². The lowest BCUT2D eigenvalue weighted by atomic mass is 9.65. The molecule has 43 heavy (non-hydrogen) atoms. The van der Waals surface area contributed by atoms with Crippen molar-refractivity contribution in [1.82, 2.24) is 4.90 Å². The summed E-state index contributed by atoms with van der Waals surface area (Å²) in [6.45, 7) is 8.01. The normalized spacial score (nSPS) is 21.7. The molecular formula is C34H40N2O7. The lowest BCUT2D eigenvalue weighted by Crippen LogP contribution is -2.37. The fourth-order valence-corrected chi connectivity index (χ4v) is 6.80. The molecule has 2 aliphatic heterocycles. The first-order valence-electron chi connectivity index (χ1n) is 15.0. The number of hydrogen-bond donors (Lipinski definition) is 1. The van der Waals surface area contributed by atoms with Crippen LogP contribution in [0.2, 0.25) is 0 Å². The van der Waals surface area contributed by atoms with Crippen LogP contribution in [0, 0.1) is 11.8 Å². The Balaban J connectivity index is 1.40. The Morgan fingerprint density at radius 1 is 0.860 bits per heavy atom. The molecule has 1 N–H and O–H groups in total. The van der Waals surface area contributed by atoms with Crippen LogP contribution in [0.5, 0.6) is 28.7 Å². The van der Waals surface area contributed by atoms with Crippen molar-refractivity contribution in [1.29, 1.82) is 0 Å². The van der Waals surface area contributed by atoms with Crippen molar-refractivity contribution in [3.05, 3.63) is 70.8 Å². The van der Waals surface area contributed by atoms with E-state index in [4.69, 9.17) is 28.4 Å². The molecule has 0 aromatic heterocycles. The summed E-state index contributed by atoms with van der Waals surface area (Å²) >= 11 is 0. The van der Waals surface area contributed by atoms with Crippen LogP contribution >= 0.6 is 0 Å². The van der Waals surface area contributed by atoms with Gasteiger partial charge in [-0.15, -0.1) is 0 Å². The Labute approximate surface area is 253 Å². The third-order valence-corrected chi connectivity index (χ3v) is 9.12. The zero-order valence-electron chi connectivity index (χ0n) is 25.5. The van der Waals surface area contributed by atoms with Gasteiger partial charge in [0.1, 0.15) is 0 Å². The van der Waals surface area contributed by atoms with Crippen molar-refractivity contribution >= 4 is 11.7 Å². The van der Waals surface area contributed by atoms with Gasteiger partial charge in [-0.1, -0.05) is 26.0 Å². The number of nitrogens with one attached hydrogen (secondary N) is 1. The molecule has 0 radical (unpaired) electrons. The van der Waals surface area contributed by atoms with Gasteiger partial charge >= 0.3 is 5.97 Å². The van der Waals surface area contributed by atoms with Crippen molar-refractivity contribution in [2.75, 3.05) is 59.7 Å². The van der Waals surface area contributed by atoms with Gasteiger partial charge in [-0.05, 0) is 78.2 Å². The summed E-state index contributed by atoms with van der Waals surface area (Å²) in [7, 11) is 4.76. The van der Waals surface area contributed by atoms with E-state index >= 15 is 0 Å². The van der Waals surface area contributed by atoms with Gasteiger partial charge in [-0.25, -0.2) is 0 Å². The summed E-state index contributed by atoms with van der Waals surface area (Å²) in [5.74, 6) is 1.84. The largest absolute Gasteiger partial charge is 0.493 e. The number of ether oxygens (including phenoxy) is 6. The molecule has 0 spiro atoms. The second-order valence-electron chi connectivity index (χ2n) is 11.2. The van der Waals surface area contributed by atoms with E-state index in [2.05, 4.69) is 54.4 Å². The third kappa shape index (κ3) is 5.31. The number of nitrogens with zero attached hydrogens (tertiary/aromatic N) is 1. The number of cyclic esters (lactones) is 1. The Hall–Kier alpha value is -4.11. The summed E-state index contributed by atoms with van der Waals surface area (Å²) in [5.41, 5.74) is 5.19. The van der Waals surface area contributed by atoms with Gasteiger partial charge in [-0.3, -0.25) is 4.79 Å². The van der Waals surface area contributed by atoms with E-state index in [1.54, 1.807) is 21.3 Å². The molecule has 0 unspecified atom stereocenters. The van der Waals surface area contributed by atoms with Gasteiger partial charge < -0.3 is 38.6 Å². The molecule has 0 amide bonds. The summed E-state index contributed by atoms with van der Waals surface area (Å²) in [4.78, 5) is 15.9. The van der Waals surface area contributed by atoms with Gasteiger partial charge in [0.25, 0.3) is 0 Å². The molecule has 3 aromatic carbocycles. The number of benzene rings is 3. The lowest BCUT2D eigenvalue weighted by molar-refractivity contribution is -0.141. The van der Waals surface area contributed by atoms with Crippen molar-refractivity contribution in [2.24, 2.45) is 11.8 Å². The number of rotatable bonds is 11. The van der Waals surface area contributed by atoms with Gasteiger partial charge in [0.05, 0.1) is 39.9 Å². The number of fused-ring (bicyclic) bond motifs is 3. The standard InChI is InChI=1S/C34H40N2O7/c1-6-36(7-2)13-12-20-8-10-22(11-9-20)35-32-24-17-27-26(42-19-43-27)16-23(24)30(31-25(32)18-41-34(31)37)21-14-28(38-3)33(40-5)29(15-21)39-4/h8-11,14-17,25,30-32,35H,6-7,12-13,18-19H2,1-5H3/t25-,30+,31-,32+/m0/s1. The molecule has 6 rings (SSSR count). The topological polar surface area (TPSA) is 87.7 Å². The third-order valence-electron chi connectivity index (χ3n) is 9.12. The molecule has 9 nitrogen and oxygen atoms in total. The second-order valence-corrected chi connectivity index (χ2v) is 11.2. The van der Waals surface area contributed by atoms with Crippen molar-refractivity contribution < 1.29 is 33.2 Å². The summed E-state index contributed by atoms with van der Waals surface area (Å²) < 4.78 is 34.3. The minimum atomic E-state index is -0.429. The smallest absolute Gasteiger partial charge is 0.310 e. The van der Waals surface area contributed by atoms with E-state index in [9.17, 15) is 4.79 Å². The highest BCUT2D eigenvalue weighted by Gasteiger charge is 2.52. The van der Waals surface area contributed by atoms with Crippen molar-refractivity contribution in [3.63, 3.8) is 0 Å². The molecule has 2 heterocycles. The number of hydrogen-bond acceptors (Lipinski definition) is 9. The zero-order valence-corrected chi connectivity index (χ0v) is 25.5. The Bertz CT molecular complexity index is 1450. The van der Waals surface area contributed by atoms with E-state index in [0.717, 1.165) is 48.4 Å². The second kappa shape index (κ2) is 12.2. The number of carbonyl (C=O) groups is 1. The van der Waals surface area contributed by atoms with Crippen LogP contribution in [0.1, 0.15) is 48.1 Å².